The maximum absolute atomic E-state index is 13.0. The number of nitrogens with zero attached hydrogens (tertiary/aromatic N) is 1. The first-order chi connectivity index (χ1) is 12.4. The topological polar surface area (TPSA) is 33.7 Å². The fraction of sp³-hybridized carbons (Fsp3) is 0.667. The maximum Gasteiger partial charge on any atom is 0.404 e. The van der Waals surface area contributed by atoms with E-state index in [1.807, 2.05) is 0 Å². The van der Waals surface area contributed by atoms with Crippen LogP contribution in [0.15, 0.2) is 18.2 Å². The van der Waals surface area contributed by atoms with Gasteiger partial charge in [0.05, 0.1) is 18.2 Å². The van der Waals surface area contributed by atoms with Crippen molar-refractivity contribution in [2.75, 3.05) is 39.5 Å². The standard InChI is InChI=1S/C18H24ClF3N2O2/c19-15-11-13(12-23-17(14-2-3-14)18(20,21)22)1-4-16(15)26-10-7-24-5-8-25-9-6-24/h1,4,11,14,17,23H,2-3,5-10,12H2. The monoisotopic (exact) mass is 392 g/mol. The number of morpholine rings is 1. The molecule has 1 saturated carbocycles. The summed E-state index contributed by atoms with van der Waals surface area (Å²) in [4.78, 5) is 2.25. The molecule has 2 aliphatic rings. The molecule has 4 nitrogen and oxygen atoms in total. The van der Waals surface area contributed by atoms with Crippen LogP contribution in [-0.4, -0.2) is 56.6 Å². The lowest BCUT2D eigenvalue weighted by Crippen LogP contribution is -2.43. The lowest BCUT2D eigenvalue weighted by molar-refractivity contribution is -0.161. The third-order valence-electron chi connectivity index (χ3n) is 4.74. The van der Waals surface area contributed by atoms with Crippen molar-refractivity contribution in [2.24, 2.45) is 5.92 Å². The SMILES string of the molecule is FC(F)(F)C(NCc1ccc(OCCN2CCOCC2)c(Cl)c1)C1CC1. The van der Waals surface area contributed by atoms with Crippen molar-refractivity contribution < 1.29 is 22.6 Å². The van der Waals surface area contributed by atoms with Gasteiger partial charge in [0.2, 0.25) is 0 Å². The van der Waals surface area contributed by atoms with Crippen LogP contribution in [0.2, 0.25) is 5.02 Å². The Labute approximate surface area is 156 Å². The molecule has 1 unspecified atom stereocenters. The number of halogens is 4. The summed E-state index contributed by atoms with van der Waals surface area (Å²) in [5.74, 6) is 0.256. The summed E-state index contributed by atoms with van der Waals surface area (Å²) < 4.78 is 50.1. The van der Waals surface area contributed by atoms with E-state index in [4.69, 9.17) is 21.1 Å². The highest BCUT2D eigenvalue weighted by atomic mass is 35.5. The van der Waals surface area contributed by atoms with E-state index < -0.39 is 12.2 Å². The second kappa shape index (κ2) is 8.78. The van der Waals surface area contributed by atoms with Crippen molar-refractivity contribution in [3.8, 4) is 5.75 Å². The minimum atomic E-state index is -4.21. The number of ether oxygens (including phenoxy) is 2. The zero-order chi connectivity index (χ0) is 18.6. The second-order valence-electron chi connectivity index (χ2n) is 6.80. The zero-order valence-electron chi connectivity index (χ0n) is 14.5. The Balaban J connectivity index is 1.47. The normalized spacial score (nSPS) is 20.2. The number of alkyl halides is 3. The van der Waals surface area contributed by atoms with E-state index in [-0.39, 0.29) is 12.5 Å². The zero-order valence-corrected chi connectivity index (χ0v) is 15.3. The van der Waals surface area contributed by atoms with Gasteiger partial charge in [-0.1, -0.05) is 17.7 Å². The van der Waals surface area contributed by atoms with E-state index in [1.54, 1.807) is 18.2 Å². The summed E-state index contributed by atoms with van der Waals surface area (Å²) >= 11 is 6.22. The van der Waals surface area contributed by atoms with Gasteiger partial charge in [-0.3, -0.25) is 4.90 Å². The highest BCUT2D eigenvalue weighted by Crippen LogP contribution is 2.40. The van der Waals surface area contributed by atoms with Crippen LogP contribution in [0.5, 0.6) is 5.75 Å². The van der Waals surface area contributed by atoms with Crippen molar-refractivity contribution in [2.45, 2.75) is 31.6 Å². The van der Waals surface area contributed by atoms with Crippen molar-refractivity contribution in [1.82, 2.24) is 10.2 Å². The number of hydrogen-bond donors (Lipinski definition) is 1. The van der Waals surface area contributed by atoms with E-state index in [9.17, 15) is 13.2 Å². The Morgan fingerprint density at radius 1 is 1.27 bits per heavy atom. The van der Waals surface area contributed by atoms with Crippen LogP contribution in [-0.2, 0) is 11.3 Å². The van der Waals surface area contributed by atoms with E-state index >= 15 is 0 Å². The van der Waals surface area contributed by atoms with Gasteiger partial charge in [0, 0.05) is 26.2 Å². The first kappa shape index (κ1) is 19.7. The van der Waals surface area contributed by atoms with Crippen LogP contribution in [0.1, 0.15) is 18.4 Å². The van der Waals surface area contributed by atoms with Crippen molar-refractivity contribution in [1.29, 1.82) is 0 Å². The number of benzene rings is 1. The van der Waals surface area contributed by atoms with E-state index in [2.05, 4.69) is 10.2 Å². The van der Waals surface area contributed by atoms with Crippen LogP contribution in [0.25, 0.3) is 0 Å². The van der Waals surface area contributed by atoms with Gasteiger partial charge in [-0.15, -0.1) is 0 Å². The molecule has 1 aliphatic heterocycles. The van der Waals surface area contributed by atoms with Crippen LogP contribution in [0, 0.1) is 5.92 Å². The van der Waals surface area contributed by atoms with Crippen LogP contribution >= 0.6 is 11.6 Å². The molecule has 1 aromatic rings. The molecule has 0 aromatic heterocycles. The summed E-state index contributed by atoms with van der Waals surface area (Å²) in [7, 11) is 0. The quantitative estimate of drug-likeness (QED) is 0.734. The Hall–Kier alpha value is -1.02. The minimum Gasteiger partial charge on any atom is -0.491 e. The summed E-state index contributed by atoms with van der Waals surface area (Å²) in [5, 5.41) is 3.05. The van der Waals surface area contributed by atoms with Gasteiger partial charge in [0.25, 0.3) is 0 Å². The third-order valence-corrected chi connectivity index (χ3v) is 5.03. The highest BCUT2D eigenvalue weighted by molar-refractivity contribution is 6.32. The van der Waals surface area contributed by atoms with Crippen LogP contribution < -0.4 is 10.1 Å². The molecule has 1 aliphatic carbocycles. The first-order valence-electron chi connectivity index (χ1n) is 8.95. The lowest BCUT2D eigenvalue weighted by Gasteiger charge is -2.26. The molecule has 146 valence electrons. The van der Waals surface area contributed by atoms with Gasteiger partial charge in [-0.25, -0.2) is 0 Å². The Kier molecular flexibility index (Phi) is 6.66. The Morgan fingerprint density at radius 2 is 2.00 bits per heavy atom. The molecule has 0 bridgehead atoms. The average molecular weight is 393 g/mol. The summed E-state index contributed by atoms with van der Waals surface area (Å²) in [5.41, 5.74) is 0.713. The van der Waals surface area contributed by atoms with Gasteiger partial charge in [0.15, 0.2) is 0 Å². The molecule has 3 rings (SSSR count). The van der Waals surface area contributed by atoms with Gasteiger partial charge < -0.3 is 14.8 Å². The molecule has 1 heterocycles. The third kappa shape index (κ3) is 5.74. The second-order valence-corrected chi connectivity index (χ2v) is 7.21. The first-order valence-corrected chi connectivity index (χ1v) is 9.33. The molecule has 0 radical (unpaired) electrons. The summed E-state index contributed by atoms with van der Waals surface area (Å²) in [6, 6.07) is 3.70. The molecule has 26 heavy (non-hydrogen) atoms. The van der Waals surface area contributed by atoms with Crippen LogP contribution in [0.4, 0.5) is 13.2 Å². The van der Waals surface area contributed by atoms with Crippen molar-refractivity contribution in [3.63, 3.8) is 0 Å². The molecular formula is C18H24ClF3N2O2. The van der Waals surface area contributed by atoms with Gasteiger partial charge >= 0.3 is 6.18 Å². The van der Waals surface area contributed by atoms with Crippen molar-refractivity contribution >= 4 is 11.6 Å². The van der Waals surface area contributed by atoms with Gasteiger partial charge in [0.1, 0.15) is 18.4 Å². The molecule has 1 saturated heterocycles. The van der Waals surface area contributed by atoms with E-state index in [0.717, 1.165) is 32.8 Å². The molecule has 1 aromatic carbocycles. The fourth-order valence-electron chi connectivity index (χ4n) is 3.09. The Morgan fingerprint density at radius 3 is 2.62 bits per heavy atom. The number of nitrogens with one attached hydrogen (secondary N) is 1. The van der Waals surface area contributed by atoms with Crippen molar-refractivity contribution in [3.05, 3.63) is 28.8 Å². The summed E-state index contributed by atoms with van der Waals surface area (Å²) in [6.07, 6.45) is -2.95. The highest BCUT2D eigenvalue weighted by Gasteiger charge is 2.48. The predicted molar refractivity (Wildman–Crippen MR) is 93.6 cm³/mol. The summed E-state index contributed by atoms with van der Waals surface area (Å²) in [6.45, 7) is 4.69. The molecule has 2 fully saturated rings. The molecular weight excluding hydrogens is 369 g/mol. The van der Waals surface area contributed by atoms with E-state index in [1.165, 1.54) is 0 Å². The number of hydrogen-bond acceptors (Lipinski definition) is 4. The maximum atomic E-state index is 13.0. The fourth-order valence-corrected chi connectivity index (χ4v) is 3.35. The molecule has 1 N–H and O–H groups in total. The van der Waals surface area contributed by atoms with Gasteiger partial charge in [-0.2, -0.15) is 13.2 Å². The number of rotatable bonds is 8. The van der Waals surface area contributed by atoms with Crippen LogP contribution in [0.3, 0.4) is 0 Å². The smallest absolute Gasteiger partial charge is 0.404 e. The lowest BCUT2D eigenvalue weighted by atomic mass is 10.1. The largest absolute Gasteiger partial charge is 0.491 e. The van der Waals surface area contributed by atoms with E-state index in [0.29, 0.717) is 35.8 Å². The Bertz CT molecular complexity index is 590. The molecule has 0 spiro atoms. The molecule has 8 heteroatoms. The molecule has 0 amide bonds. The predicted octanol–water partition coefficient (Wildman–Crippen LogP) is 3.48. The molecule has 1 atom stereocenters. The minimum absolute atomic E-state index is 0.133. The average Bonchev–Trinajstić information content (AvgIpc) is 3.41. The van der Waals surface area contributed by atoms with Gasteiger partial charge in [-0.05, 0) is 36.5 Å².